The summed E-state index contributed by atoms with van der Waals surface area (Å²) in [5.74, 6) is 0. The topological polar surface area (TPSA) is 9.23 Å². The van der Waals surface area contributed by atoms with E-state index in [9.17, 15) is 0 Å². The van der Waals surface area contributed by atoms with E-state index in [1.54, 1.807) is 18.4 Å². The smallest absolute Gasteiger partial charge is 0.173 e. The van der Waals surface area contributed by atoms with Crippen LogP contribution in [0, 0.1) is 2.88 Å². The molecule has 0 bridgehead atoms. The van der Waals surface area contributed by atoms with Gasteiger partial charge in [0.05, 0.1) is 9.99 Å². The van der Waals surface area contributed by atoms with Crippen LogP contribution in [0.3, 0.4) is 0 Å². The summed E-state index contributed by atoms with van der Waals surface area (Å²) in [5.41, 5.74) is 0. The third-order valence-corrected chi connectivity index (χ3v) is 8.99. The number of thiophene rings is 4. The Morgan fingerprint density at radius 2 is 1.04 bits per heavy atom. The molecule has 4 rings (SSSR count). The highest BCUT2D eigenvalue weighted by Gasteiger charge is 2.11. The molecule has 0 saturated heterocycles. The van der Waals surface area contributed by atoms with E-state index in [0.717, 1.165) is 5.06 Å². The van der Waals surface area contributed by atoms with Gasteiger partial charge in [-0.15, -0.1) is 34.0 Å². The highest BCUT2D eigenvalue weighted by molar-refractivity contribution is 14.1. The second-order valence-corrected chi connectivity index (χ2v) is 10.9. The Kier molecular flexibility index (Phi) is 4.60. The molecule has 0 N–H and O–H groups in total. The van der Waals surface area contributed by atoms with Crippen molar-refractivity contribution in [3.05, 3.63) is 51.4 Å². The highest BCUT2D eigenvalue weighted by Crippen LogP contribution is 2.43. The molecule has 0 aromatic carbocycles. The van der Waals surface area contributed by atoms with Crippen LogP contribution >= 0.6 is 67.9 Å². The molecular formula is C17H11IOS4. The van der Waals surface area contributed by atoms with Crippen molar-refractivity contribution in [2.75, 3.05) is 7.11 Å². The van der Waals surface area contributed by atoms with E-state index in [1.807, 2.05) is 40.1 Å². The summed E-state index contributed by atoms with van der Waals surface area (Å²) in [5, 5.41) is 0.959. The van der Waals surface area contributed by atoms with Gasteiger partial charge in [-0.1, -0.05) is 11.3 Å². The summed E-state index contributed by atoms with van der Waals surface area (Å²) in [4.78, 5) is 7.93. The molecule has 0 aliphatic heterocycles. The van der Waals surface area contributed by atoms with Crippen LogP contribution in [-0.2, 0) is 0 Å². The number of ether oxygens (including phenoxy) is 1. The van der Waals surface area contributed by atoms with Gasteiger partial charge in [-0.25, -0.2) is 0 Å². The van der Waals surface area contributed by atoms with Crippen molar-refractivity contribution in [3.63, 3.8) is 0 Å². The van der Waals surface area contributed by atoms with Gasteiger partial charge in [-0.3, -0.25) is 0 Å². The molecule has 4 heterocycles. The number of hydrogen-bond donors (Lipinski definition) is 0. The molecule has 4 aromatic rings. The predicted octanol–water partition coefficient (Wildman–Crippen LogP) is 7.55. The zero-order valence-electron chi connectivity index (χ0n) is 12.0. The maximum absolute atomic E-state index is 5.29. The second-order valence-electron chi connectivity index (χ2n) is 4.75. The summed E-state index contributed by atoms with van der Waals surface area (Å²) in [6.07, 6.45) is 0. The Labute approximate surface area is 164 Å². The molecule has 1 nitrogen and oxygen atoms in total. The van der Waals surface area contributed by atoms with Crippen molar-refractivity contribution in [2.24, 2.45) is 0 Å². The average Bonchev–Trinajstić information content (AvgIpc) is 3.32. The van der Waals surface area contributed by atoms with E-state index in [4.69, 9.17) is 4.74 Å². The average molecular weight is 486 g/mol. The maximum Gasteiger partial charge on any atom is 0.173 e. The van der Waals surface area contributed by atoms with Crippen molar-refractivity contribution in [1.82, 2.24) is 0 Å². The van der Waals surface area contributed by atoms with Gasteiger partial charge in [0.1, 0.15) is 0 Å². The molecule has 0 unspecified atom stereocenters. The third kappa shape index (κ3) is 3.28. The quantitative estimate of drug-likeness (QED) is 0.271. The van der Waals surface area contributed by atoms with Gasteiger partial charge >= 0.3 is 0 Å². The van der Waals surface area contributed by atoms with Crippen LogP contribution in [0.2, 0.25) is 0 Å². The van der Waals surface area contributed by atoms with E-state index < -0.39 is 0 Å². The lowest BCUT2D eigenvalue weighted by molar-refractivity contribution is 0.427. The molecule has 0 saturated carbocycles. The largest absolute Gasteiger partial charge is 0.487 e. The van der Waals surface area contributed by atoms with Gasteiger partial charge in [0.25, 0.3) is 0 Å². The van der Waals surface area contributed by atoms with Gasteiger partial charge in [0, 0.05) is 29.3 Å². The Balaban J connectivity index is 1.63. The van der Waals surface area contributed by atoms with Crippen molar-refractivity contribution in [2.45, 2.75) is 0 Å². The molecule has 0 amide bonds. The number of methoxy groups -OCH3 is 1. The monoisotopic (exact) mass is 486 g/mol. The first-order valence-corrected chi connectivity index (χ1v) is 11.2. The van der Waals surface area contributed by atoms with Crippen LogP contribution < -0.4 is 4.74 Å². The first kappa shape index (κ1) is 15.8. The van der Waals surface area contributed by atoms with Crippen molar-refractivity contribution >= 4 is 67.9 Å². The lowest BCUT2D eigenvalue weighted by atomic mass is 10.3. The summed E-state index contributed by atoms with van der Waals surface area (Å²) in [6, 6.07) is 17.4. The lowest BCUT2D eigenvalue weighted by Gasteiger charge is -1.92. The summed E-state index contributed by atoms with van der Waals surface area (Å²) >= 11 is 9.62. The fraction of sp³-hybridized carbons (Fsp3) is 0.0588. The van der Waals surface area contributed by atoms with E-state index in [1.165, 1.54) is 32.1 Å². The van der Waals surface area contributed by atoms with Crippen molar-refractivity contribution in [3.8, 4) is 34.3 Å². The van der Waals surface area contributed by atoms with Gasteiger partial charge < -0.3 is 4.74 Å². The van der Waals surface area contributed by atoms with Crippen LogP contribution in [0.1, 0.15) is 0 Å². The molecule has 4 aromatic heterocycles. The van der Waals surface area contributed by atoms with Crippen LogP contribution in [0.25, 0.3) is 29.3 Å². The molecule has 23 heavy (non-hydrogen) atoms. The first-order chi connectivity index (χ1) is 11.2. The minimum atomic E-state index is 0.959. The van der Waals surface area contributed by atoms with Crippen LogP contribution in [-0.4, -0.2) is 7.11 Å². The normalized spacial score (nSPS) is 11.0. The molecule has 0 atom stereocenters. The van der Waals surface area contributed by atoms with E-state index in [2.05, 4.69) is 65.1 Å². The Morgan fingerprint density at radius 1 is 0.609 bits per heavy atom. The second kappa shape index (κ2) is 6.68. The molecule has 0 spiro atoms. The molecule has 0 radical (unpaired) electrons. The van der Waals surface area contributed by atoms with Crippen molar-refractivity contribution < 1.29 is 4.74 Å². The summed E-state index contributed by atoms with van der Waals surface area (Å²) < 4.78 is 6.62. The number of halogens is 1. The van der Waals surface area contributed by atoms with E-state index in [0.29, 0.717) is 0 Å². The predicted molar refractivity (Wildman–Crippen MR) is 114 cm³/mol. The molecule has 116 valence electrons. The van der Waals surface area contributed by atoms with Gasteiger partial charge in [0.15, 0.2) is 5.06 Å². The summed E-state index contributed by atoms with van der Waals surface area (Å²) in [7, 11) is 1.72. The van der Waals surface area contributed by atoms with Crippen LogP contribution in [0.5, 0.6) is 5.06 Å². The molecule has 0 aliphatic rings. The minimum Gasteiger partial charge on any atom is -0.487 e. The molecule has 0 aliphatic carbocycles. The van der Waals surface area contributed by atoms with Gasteiger partial charge in [-0.2, -0.15) is 0 Å². The van der Waals surface area contributed by atoms with E-state index in [-0.39, 0.29) is 0 Å². The summed E-state index contributed by atoms with van der Waals surface area (Å²) in [6.45, 7) is 0. The SMILES string of the molecule is COc1ccc(-c2ccc(-c3ccc(-c4ccc(I)s4)s3)s2)s1. The zero-order valence-corrected chi connectivity index (χ0v) is 17.5. The minimum absolute atomic E-state index is 0.959. The van der Waals surface area contributed by atoms with Gasteiger partial charge in [0.2, 0.25) is 0 Å². The number of rotatable bonds is 4. The molecule has 6 heteroatoms. The van der Waals surface area contributed by atoms with Gasteiger partial charge in [-0.05, 0) is 71.1 Å². The lowest BCUT2D eigenvalue weighted by Crippen LogP contribution is -1.73. The highest BCUT2D eigenvalue weighted by atomic mass is 127. The zero-order chi connectivity index (χ0) is 15.8. The van der Waals surface area contributed by atoms with Crippen LogP contribution in [0.15, 0.2) is 48.5 Å². The fourth-order valence-electron chi connectivity index (χ4n) is 2.21. The standard InChI is InChI=1S/C17H11IOS4/c1-19-17-9-7-15(23-17)13-5-3-11(21-13)10-2-4-12(20-10)14-6-8-16(18)22-14/h2-9H,1H3. The fourth-order valence-corrected chi connectivity index (χ4v) is 6.94. The van der Waals surface area contributed by atoms with Crippen LogP contribution in [0.4, 0.5) is 0 Å². The Bertz CT molecular complexity index is 943. The van der Waals surface area contributed by atoms with Crippen molar-refractivity contribution in [1.29, 1.82) is 0 Å². The maximum atomic E-state index is 5.29. The Hall–Kier alpha value is -0.670. The van der Waals surface area contributed by atoms with E-state index >= 15 is 0 Å². The molecule has 0 fully saturated rings. The number of hydrogen-bond acceptors (Lipinski definition) is 5. The molecular weight excluding hydrogens is 475 g/mol. The first-order valence-electron chi connectivity index (χ1n) is 6.83. The third-order valence-electron chi connectivity index (χ3n) is 3.30. The Morgan fingerprint density at radius 3 is 1.48 bits per heavy atom.